The van der Waals surface area contributed by atoms with E-state index in [2.05, 4.69) is 6.07 Å². The highest BCUT2D eigenvalue weighted by atomic mass is 16.5. The normalized spacial score (nSPS) is 12.8. The Bertz CT molecular complexity index is 1340. The van der Waals surface area contributed by atoms with Gasteiger partial charge in [-0.05, 0) is 59.4 Å². The van der Waals surface area contributed by atoms with Crippen molar-refractivity contribution in [1.82, 2.24) is 4.90 Å². The minimum Gasteiger partial charge on any atom is -0.489 e. The zero-order chi connectivity index (χ0) is 25.6. The molecule has 1 saturated carbocycles. The summed E-state index contributed by atoms with van der Waals surface area (Å²) in [4.78, 5) is 26.2. The summed E-state index contributed by atoms with van der Waals surface area (Å²) in [7, 11) is 0. The molecule has 0 unspecified atom stereocenters. The summed E-state index contributed by atoms with van der Waals surface area (Å²) in [5.74, 6) is 0.755. The molecule has 0 aliphatic heterocycles. The van der Waals surface area contributed by atoms with Crippen molar-refractivity contribution < 1.29 is 23.8 Å². The van der Waals surface area contributed by atoms with Crippen LogP contribution in [0, 0.1) is 0 Å². The van der Waals surface area contributed by atoms with Gasteiger partial charge in [-0.2, -0.15) is 0 Å². The number of amides is 1. The van der Waals surface area contributed by atoms with Crippen LogP contribution in [0.3, 0.4) is 0 Å². The van der Waals surface area contributed by atoms with Crippen LogP contribution in [-0.4, -0.2) is 27.9 Å². The van der Waals surface area contributed by atoms with Crippen molar-refractivity contribution in [3.05, 3.63) is 113 Å². The number of rotatable bonds is 11. The largest absolute Gasteiger partial charge is 0.489 e. The minimum atomic E-state index is -0.858. The van der Waals surface area contributed by atoms with Gasteiger partial charge >= 0.3 is 5.97 Å². The minimum absolute atomic E-state index is 0.0116. The monoisotopic (exact) mass is 495 g/mol. The van der Waals surface area contributed by atoms with Gasteiger partial charge in [0.15, 0.2) is 0 Å². The molecule has 6 nitrogen and oxygen atoms in total. The Morgan fingerprint density at radius 3 is 2.16 bits per heavy atom. The number of benzene rings is 3. The van der Waals surface area contributed by atoms with Gasteiger partial charge < -0.3 is 19.2 Å². The topological polar surface area (TPSA) is 80.0 Å². The number of carbonyl (C=O) groups excluding carboxylic acids is 1. The molecule has 0 spiro atoms. The highest BCUT2D eigenvalue weighted by Crippen LogP contribution is 2.30. The number of hydrogen-bond donors (Lipinski definition) is 1. The van der Waals surface area contributed by atoms with E-state index in [1.54, 1.807) is 30.5 Å². The van der Waals surface area contributed by atoms with E-state index in [1.165, 1.54) is 0 Å². The number of aliphatic carboxylic acids is 1. The molecule has 0 radical (unpaired) electrons. The standard InChI is InChI=1S/C31H29NO5/c33-30(18-22-7-11-24(12-8-22)29-6-3-17-36-29)32(27-13-14-27)20-25-4-1-2-5-26(25)21-37-28-15-9-23(10-16-28)19-31(34)35/h1-12,15-17,27H,13-14,18-21H2,(H,34,35). The van der Waals surface area contributed by atoms with Crippen LogP contribution in [0.4, 0.5) is 0 Å². The van der Waals surface area contributed by atoms with E-state index in [1.807, 2.05) is 59.5 Å². The molecule has 6 heteroatoms. The van der Waals surface area contributed by atoms with Crippen molar-refractivity contribution in [2.75, 3.05) is 0 Å². The van der Waals surface area contributed by atoms with E-state index in [0.29, 0.717) is 25.3 Å². The Morgan fingerprint density at radius 1 is 0.838 bits per heavy atom. The van der Waals surface area contributed by atoms with Gasteiger partial charge in [0.05, 0.1) is 19.1 Å². The Hall–Kier alpha value is -4.32. The summed E-state index contributed by atoms with van der Waals surface area (Å²) >= 11 is 0. The molecule has 0 saturated heterocycles. The maximum atomic E-state index is 13.3. The van der Waals surface area contributed by atoms with Gasteiger partial charge in [0, 0.05) is 18.2 Å². The van der Waals surface area contributed by atoms with Crippen LogP contribution in [-0.2, 0) is 35.6 Å². The highest BCUT2D eigenvalue weighted by molar-refractivity contribution is 5.79. The van der Waals surface area contributed by atoms with Gasteiger partial charge in [-0.15, -0.1) is 0 Å². The average molecular weight is 496 g/mol. The molecule has 1 N–H and O–H groups in total. The Labute approximate surface area is 216 Å². The lowest BCUT2D eigenvalue weighted by Crippen LogP contribution is -2.34. The summed E-state index contributed by atoms with van der Waals surface area (Å²) < 4.78 is 11.4. The van der Waals surface area contributed by atoms with Crippen molar-refractivity contribution in [3.63, 3.8) is 0 Å². The first-order valence-corrected chi connectivity index (χ1v) is 12.5. The molecule has 0 atom stereocenters. The molecular weight excluding hydrogens is 466 g/mol. The summed E-state index contributed by atoms with van der Waals surface area (Å²) in [5, 5.41) is 8.94. The highest BCUT2D eigenvalue weighted by Gasteiger charge is 2.32. The number of carboxylic acids is 1. The predicted octanol–water partition coefficient (Wildman–Crippen LogP) is 5.89. The van der Waals surface area contributed by atoms with E-state index in [4.69, 9.17) is 14.3 Å². The molecule has 37 heavy (non-hydrogen) atoms. The van der Waals surface area contributed by atoms with Crippen LogP contribution in [0.5, 0.6) is 5.75 Å². The van der Waals surface area contributed by atoms with Crippen LogP contribution in [0.25, 0.3) is 11.3 Å². The second-order valence-electron chi connectivity index (χ2n) is 9.38. The first-order valence-electron chi connectivity index (χ1n) is 12.5. The zero-order valence-corrected chi connectivity index (χ0v) is 20.5. The maximum absolute atomic E-state index is 13.3. The molecule has 4 aromatic rings. The van der Waals surface area contributed by atoms with Crippen molar-refractivity contribution >= 4 is 11.9 Å². The summed E-state index contributed by atoms with van der Waals surface area (Å²) in [6.45, 7) is 0.917. The molecule has 5 rings (SSSR count). The van der Waals surface area contributed by atoms with E-state index in [0.717, 1.165) is 46.4 Å². The molecule has 1 heterocycles. The maximum Gasteiger partial charge on any atom is 0.307 e. The van der Waals surface area contributed by atoms with E-state index >= 15 is 0 Å². The smallest absolute Gasteiger partial charge is 0.307 e. The van der Waals surface area contributed by atoms with Crippen LogP contribution >= 0.6 is 0 Å². The summed E-state index contributed by atoms with van der Waals surface area (Å²) in [6.07, 6.45) is 4.06. The van der Waals surface area contributed by atoms with Crippen LogP contribution in [0.1, 0.15) is 35.1 Å². The SMILES string of the molecule is O=C(O)Cc1ccc(OCc2ccccc2CN(C(=O)Cc2ccc(-c3ccco3)cc2)C2CC2)cc1. The number of nitrogens with zero attached hydrogens (tertiary/aromatic N) is 1. The molecule has 1 amide bonds. The third kappa shape index (κ3) is 6.47. The molecular formula is C31H29NO5. The Morgan fingerprint density at radius 2 is 1.51 bits per heavy atom. The van der Waals surface area contributed by atoms with E-state index in [9.17, 15) is 9.59 Å². The van der Waals surface area contributed by atoms with Gasteiger partial charge in [-0.1, -0.05) is 60.7 Å². The third-order valence-corrected chi connectivity index (χ3v) is 6.56. The van der Waals surface area contributed by atoms with E-state index < -0.39 is 5.97 Å². The quantitative estimate of drug-likeness (QED) is 0.281. The van der Waals surface area contributed by atoms with Gasteiger partial charge in [0.1, 0.15) is 18.1 Å². The molecule has 1 aliphatic rings. The number of ether oxygens (including phenoxy) is 1. The third-order valence-electron chi connectivity index (χ3n) is 6.56. The number of hydrogen-bond acceptors (Lipinski definition) is 4. The summed E-state index contributed by atoms with van der Waals surface area (Å²) in [6, 6.07) is 27.2. The number of furan rings is 1. The Kier molecular flexibility index (Phi) is 7.36. The first kappa shape index (κ1) is 24.4. The second-order valence-corrected chi connectivity index (χ2v) is 9.38. The lowest BCUT2D eigenvalue weighted by molar-refractivity contribution is -0.136. The van der Waals surface area contributed by atoms with Crippen molar-refractivity contribution in [3.8, 4) is 17.1 Å². The van der Waals surface area contributed by atoms with Crippen LogP contribution in [0.2, 0.25) is 0 Å². The number of carbonyl (C=O) groups is 2. The Balaban J connectivity index is 1.23. The van der Waals surface area contributed by atoms with Crippen molar-refractivity contribution in [2.24, 2.45) is 0 Å². The fourth-order valence-corrected chi connectivity index (χ4v) is 4.39. The van der Waals surface area contributed by atoms with Gasteiger partial charge in [-0.3, -0.25) is 9.59 Å². The lowest BCUT2D eigenvalue weighted by atomic mass is 10.1. The lowest BCUT2D eigenvalue weighted by Gasteiger charge is -2.24. The average Bonchev–Trinajstić information content (AvgIpc) is 3.59. The fourth-order valence-electron chi connectivity index (χ4n) is 4.39. The predicted molar refractivity (Wildman–Crippen MR) is 140 cm³/mol. The second kappa shape index (κ2) is 11.2. The van der Waals surface area contributed by atoms with Gasteiger partial charge in [0.25, 0.3) is 0 Å². The molecule has 1 aromatic heterocycles. The van der Waals surface area contributed by atoms with Gasteiger partial charge in [0.2, 0.25) is 5.91 Å². The van der Waals surface area contributed by atoms with E-state index in [-0.39, 0.29) is 18.4 Å². The molecule has 1 aliphatic carbocycles. The molecule has 1 fully saturated rings. The first-order chi connectivity index (χ1) is 18.0. The van der Waals surface area contributed by atoms with Crippen LogP contribution in [0.15, 0.2) is 95.6 Å². The molecule has 0 bridgehead atoms. The van der Waals surface area contributed by atoms with Crippen molar-refractivity contribution in [2.45, 2.75) is 44.9 Å². The molecule has 3 aromatic carbocycles. The van der Waals surface area contributed by atoms with Crippen molar-refractivity contribution in [1.29, 1.82) is 0 Å². The number of carboxylic acid groups (broad SMARTS) is 1. The summed E-state index contributed by atoms with van der Waals surface area (Å²) in [5.41, 5.74) is 4.80. The zero-order valence-electron chi connectivity index (χ0n) is 20.5. The van der Waals surface area contributed by atoms with Gasteiger partial charge in [-0.25, -0.2) is 0 Å². The fraction of sp³-hybridized carbons (Fsp3) is 0.226. The van der Waals surface area contributed by atoms with Crippen LogP contribution < -0.4 is 4.74 Å². The molecule has 188 valence electrons.